The summed E-state index contributed by atoms with van der Waals surface area (Å²) in [4.78, 5) is 29.8. The first-order valence-corrected chi connectivity index (χ1v) is 8.26. The standard InChI is InChI=1S/C14H16Br2N2O3/c1-7(2)18-11(19)4-3-9(14(20)21)13(18)12-10(16)5-8(15)6-17-12/h5-7,9,13H,3-4H2,1-2H3,(H,20,21). The number of carbonyl (C=O) groups excluding carboxylic acids is 1. The van der Waals surface area contributed by atoms with Crippen molar-refractivity contribution in [3.05, 3.63) is 26.9 Å². The summed E-state index contributed by atoms with van der Waals surface area (Å²) in [5.74, 6) is -1.56. The Morgan fingerprint density at radius 3 is 2.67 bits per heavy atom. The minimum Gasteiger partial charge on any atom is -0.481 e. The number of hydrogen-bond donors (Lipinski definition) is 1. The van der Waals surface area contributed by atoms with Crippen LogP contribution in [0.5, 0.6) is 0 Å². The van der Waals surface area contributed by atoms with Gasteiger partial charge in [-0.15, -0.1) is 0 Å². The normalized spacial score (nSPS) is 22.7. The Labute approximate surface area is 140 Å². The molecule has 1 aliphatic rings. The number of carboxylic acid groups (broad SMARTS) is 1. The number of nitrogens with zero attached hydrogens (tertiary/aromatic N) is 2. The fourth-order valence-electron chi connectivity index (χ4n) is 2.75. The van der Waals surface area contributed by atoms with Crippen molar-refractivity contribution in [1.29, 1.82) is 0 Å². The van der Waals surface area contributed by atoms with Crippen LogP contribution in [0.2, 0.25) is 0 Å². The monoisotopic (exact) mass is 418 g/mol. The first-order valence-electron chi connectivity index (χ1n) is 6.67. The van der Waals surface area contributed by atoms with Crippen LogP contribution in [0.15, 0.2) is 21.2 Å². The number of carboxylic acids is 1. The molecule has 0 aliphatic carbocycles. The molecule has 0 aromatic carbocycles. The molecule has 21 heavy (non-hydrogen) atoms. The molecule has 2 heterocycles. The number of hydrogen-bond acceptors (Lipinski definition) is 3. The summed E-state index contributed by atoms with van der Waals surface area (Å²) in [5.41, 5.74) is 0.590. The Balaban J connectivity index is 2.54. The summed E-state index contributed by atoms with van der Waals surface area (Å²) in [6.45, 7) is 3.78. The van der Waals surface area contributed by atoms with Crippen LogP contribution in [0, 0.1) is 5.92 Å². The van der Waals surface area contributed by atoms with Gasteiger partial charge in [-0.3, -0.25) is 14.6 Å². The van der Waals surface area contributed by atoms with E-state index < -0.39 is 17.9 Å². The van der Waals surface area contributed by atoms with E-state index in [2.05, 4.69) is 36.8 Å². The van der Waals surface area contributed by atoms with E-state index in [9.17, 15) is 14.7 Å². The molecule has 0 radical (unpaired) electrons. The molecule has 5 nitrogen and oxygen atoms in total. The van der Waals surface area contributed by atoms with E-state index in [1.165, 1.54) is 0 Å². The zero-order chi connectivity index (χ0) is 15.7. The third-order valence-corrected chi connectivity index (χ3v) is 4.70. The summed E-state index contributed by atoms with van der Waals surface area (Å²) < 4.78 is 1.50. The minimum absolute atomic E-state index is 0.0240. The van der Waals surface area contributed by atoms with Gasteiger partial charge >= 0.3 is 5.97 Å². The van der Waals surface area contributed by atoms with Gasteiger partial charge in [0.05, 0.1) is 17.7 Å². The molecule has 1 aromatic rings. The summed E-state index contributed by atoms with van der Waals surface area (Å²) in [6.07, 6.45) is 2.22. The first kappa shape index (κ1) is 16.4. The lowest BCUT2D eigenvalue weighted by molar-refractivity contribution is -0.153. The first-order chi connectivity index (χ1) is 9.82. The van der Waals surface area contributed by atoms with Gasteiger partial charge in [-0.25, -0.2) is 0 Å². The van der Waals surface area contributed by atoms with Gasteiger partial charge in [0, 0.05) is 27.6 Å². The average Bonchev–Trinajstić information content (AvgIpc) is 2.37. The number of amides is 1. The largest absolute Gasteiger partial charge is 0.481 e. The van der Waals surface area contributed by atoms with E-state index in [0.29, 0.717) is 16.6 Å². The molecule has 0 bridgehead atoms. The summed E-state index contributed by atoms with van der Waals surface area (Å²) in [7, 11) is 0. The van der Waals surface area contributed by atoms with E-state index in [1.807, 2.05) is 19.9 Å². The number of halogens is 2. The fraction of sp³-hybridized carbons (Fsp3) is 0.500. The molecule has 7 heteroatoms. The highest BCUT2D eigenvalue weighted by Crippen LogP contribution is 2.40. The van der Waals surface area contributed by atoms with Gasteiger partial charge in [-0.2, -0.15) is 0 Å². The highest BCUT2D eigenvalue weighted by atomic mass is 79.9. The zero-order valence-electron chi connectivity index (χ0n) is 11.7. The zero-order valence-corrected chi connectivity index (χ0v) is 14.9. The number of aliphatic carboxylic acids is 1. The Morgan fingerprint density at radius 2 is 2.14 bits per heavy atom. The second-order valence-corrected chi connectivity index (χ2v) is 7.11. The lowest BCUT2D eigenvalue weighted by Gasteiger charge is -2.41. The maximum atomic E-state index is 12.2. The molecule has 2 rings (SSSR count). The van der Waals surface area contributed by atoms with Gasteiger partial charge in [0.2, 0.25) is 5.91 Å². The third-order valence-electron chi connectivity index (χ3n) is 3.63. The van der Waals surface area contributed by atoms with Crippen molar-refractivity contribution in [2.45, 2.75) is 38.8 Å². The van der Waals surface area contributed by atoms with Crippen LogP contribution >= 0.6 is 31.9 Å². The van der Waals surface area contributed by atoms with E-state index in [1.54, 1.807) is 11.1 Å². The van der Waals surface area contributed by atoms with Crippen LogP contribution in [0.3, 0.4) is 0 Å². The summed E-state index contributed by atoms with van der Waals surface area (Å²) in [5, 5.41) is 9.51. The smallest absolute Gasteiger partial charge is 0.309 e. The molecule has 1 saturated heterocycles. The molecule has 1 amide bonds. The third kappa shape index (κ3) is 3.29. The Hall–Kier alpha value is -0.950. The number of piperidine rings is 1. The Bertz CT molecular complexity index is 577. The molecule has 1 aliphatic heterocycles. The van der Waals surface area contributed by atoms with Crippen molar-refractivity contribution in [3.63, 3.8) is 0 Å². The van der Waals surface area contributed by atoms with Gasteiger partial charge in [0.15, 0.2) is 0 Å². The van der Waals surface area contributed by atoms with Crippen LogP contribution < -0.4 is 0 Å². The van der Waals surface area contributed by atoms with Gasteiger partial charge in [0.1, 0.15) is 0 Å². The molecule has 0 spiro atoms. The molecule has 2 unspecified atom stereocenters. The van der Waals surface area contributed by atoms with Crippen molar-refractivity contribution in [3.8, 4) is 0 Å². The van der Waals surface area contributed by atoms with Crippen molar-refractivity contribution in [2.75, 3.05) is 0 Å². The van der Waals surface area contributed by atoms with Crippen LogP contribution in [-0.4, -0.2) is 32.9 Å². The van der Waals surface area contributed by atoms with Gasteiger partial charge < -0.3 is 10.0 Å². The average molecular weight is 420 g/mol. The second kappa shape index (κ2) is 6.44. The highest BCUT2D eigenvalue weighted by Gasteiger charge is 2.43. The van der Waals surface area contributed by atoms with Crippen molar-refractivity contribution >= 4 is 43.7 Å². The number of likely N-dealkylation sites (tertiary alicyclic amines) is 1. The van der Waals surface area contributed by atoms with Crippen molar-refractivity contribution in [2.24, 2.45) is 5.92 Å². The molecular formula is C14H16Br2N2O3. The topological polar surface area (TPSA) is 70.5 Å². The predicted octanol–water partition coefficient (Wildman–Crippen LogP) is 3.38. The van der Waals surface area contributed by atoms with E-state index in [4.69, 9.17) is 0 Å². The quantitative estimate of drug-likeness (QED) is 0.815. The minimum atomic E-state index is -0.894. The second-order valence-electron chi connectivity index (χ2n) is 5.34. The molecule has 1 N–H and O–H groups in total. The fourth-order valence-corrected chi connectivity index (χ4v) is 3.97. The van der Waals surface area contributed by atoms with Crippen molar-refractivity contribution in [1.82, 2.24) is 9.88 Å². The number of aromatic nitrogens is 1. The number of carbonyl (C=O) groups is 2. The van der Waals surface area contributed by atoms with Crippen LogP contribution in [-0.2, 0) is 9.59 Å². The maximum Gasteiger partial charge on any atom is 0.309 e. The van der Waals surface area contributed by atoms with E-state index in [0.717, 1.165) is 4.47 Å². The van der Waals surface area contributed by atoms with Gasteiger partial charge in [-0.1, -0.05) is 0 Å². The number of rotatable bonds is 3. The highest BCUT2D eigenvalue weighted by molar-refractivity contribution is 9.11. The molecule has 2 atom stereocenters. The predicted molar refractivity (Wildman–Crippen MR) is 84.7 cm³/mol. The summed E-state index contributed by atoms with van der Waals surface area (Å²) >= 11 is 6.76. The molecule has 114 valence electrons. The van der Waals surface area contributed by atoms with Crippen LogP contribution in [0.4, 0.5) is 0 Å². The molecule has 0 saturated carbocycles. The van der Waals surface area contributed by atoms with E-state index >= 15 is 0 Å². The van der Waals surface area contributed by atoms with E-state index in [-0.39, 0.29) is 18.4 Å². The van der Waals surface area contributed by atoms with Gasteiger partial charge in [-0.05, 0) is 58.2 Å². The van der Waals surface area contributed by atoms with Crippen molar-refractivity contribution < 1.29 is 14.7 Å². The SMILES string of the molecule is CC(C)N1C(=O)CCC(C(=O)O)C1c1ncc(Br)cc1Br. The lowest BCUT2D eigenvalue weighted by Crippen LogP contribution is -2.48. The molecular weight excluding hydrogens is 404 g/mol. The maximum absolute atomic E-state index is 12.2. The van der Waals surface area contributed by atoms with Gasteiger partial charge in [0.25, 0.3) is 0 Å². The molecule has 1 fully saturated rings. The molecule has 1 aromatic heterocycles. The van der Waals surface area contributed by atoms with Crippen LogP contribution in [0.1, 0.15) is 38.4 Å². The summed E-state index contributed by atoms with van der Waals surface area (Å²) in [6, 6.07) is 1.19. The van der Waals surface area contributed by atoms with Crippen LogP contribution in [0.25, 0.3) is 0 Å². The Morgan fingerprint density at radius 1 is 1.48 bits per heavy atom. The lowest BCUT2D eigenvalue weighted by atomic mass is 9.85. The number of pyridine rings is 1. The Kier molecular flexibility index (Phi) is 5.03.